The summed E-state index contributed by atoms with van der Waals surface area (Å²) < 4.78 is 5.83. The van der Waals surface area contributed by atoms with Crippen LogP contribution in [0.4, 0.5) is 0 Å². The summed E-state index contributed by atoms with van der Waals surface area (Å²) in [5.41, 5.74) is 2.67. The van der Waals surface area contributed by atoms with Crippen molar-refractivity contribution in [3.8, 4) is 5.75 Å². The lowest BCUT2D eigenvalue weighted by Gasteiger charge is -2.12. The Morgan fingerprint density at radius 1 is 1.12 bits per heavy atom. The third-order valence-corrected chi connectivity index (χ3v) is 4.20. The van der Waals surface area contributed by atoms with E-state index in [4.69, 9.17) is 4.74 Å². The number of fused-ring (bicyclic) bond motifs is 1. The van der Waals surface area contributed by atoms with Gasteiger partial charge in [-0.05, 0) is 56.4 Å². The third-order valence-electron chi connectivity index (χ3n) is 4.20. The lowest BCUT2D eigenvalue weighted by molar-refractivity contribution is 0.104. The van der Waals surface area contributed by atoms with Crippen LogP contribution in [0.2, 0.25) is 0 Å². The van der Waals surface area contributed by atoms with Crippen molar-refractivity contribution in [1.29, 1.82) is 0 Å². The average molecular weight is 348 g/mol. The van der Waals surface area contributed by atoms with Gasteiger partial charge in [-0.1, -0.05) is 30.3 Å². The van der Waals surface area contributed by atoms with Crippen molar-refractivity contribution in [1.82, 2.24) is 9.88 Å². The molecule has 4 heteroatoms. The number of rotatable bonds is 8. The summed E-state index contributed by atoms with van der Waals surface area (Å²) >= 11 is 0. The van der Waals surface area contributed by atoms with Gasteiger partial charge in [-0.15, -0.1) is 0 Å². The van der Waals surface area contributed by atoms with Crippen LogP contribution in [0, 0.1) is 0 Å². The highest BCUT2D eigenvalue weighted by molar-refractivity contribution is 6.09. The highest BCUT2D eigenvalue weighted by atomic mass is 16.5. The van der Waals surface area contributed by atoms with Gasteiger partial charge in [-0.25, -0.2) is 0 Å². The molecule has 3 rings (SSSR count). The third kappa shape index (κ3) is 4.41. The number of carbonyl (C=O) groups excluding carboxylic acids is 1. The van der Waals surface area contributed by atoms with Crippen LogP contribution in [0.5, 0.6) is 5.75 Å². The molecular formula is C22H24N2O2. The fraction of sp³-hybridized carbons (Fsp3) is 0.227. The standard InChI is InChI=1S/C22H24N2O2/c1-24(2)15-6-16-26-22-10-4-3-8-19(22)21(25)12-11-17-7-5-9-20-18(17)13-14-23-20/h3-5,7-14,23H,6,15-16H2,1-2H3. The SMILES string of the molecule is CN(C)CCCOc1ccccc1C(=O)C=Cc1cccc2[nH]ccc12. The van der Waals surface area contributed by atoms with Gasteiger partial charge in [0.2, 0.25) is 0 Å². The summed E-state index contributed by atoms with van der Waals surface area (Å²) in [7, 11) is 4.07. The highest BCUT2D eigenvalue weighted by Gasteiger charge is 2.09. The molecule has 1 heterocycles. The molecule has 1 aromatic heterocycles. The van der Waals surface area contributed by atoms with E-state index < -0.39 is 0 Å². The summed E-state index contributed by atoms with van der Waals surface area (Å²) in [6.45, 7) is 1.55. The second-order valence-corrected chi connectivity index (χ2v) is 6.49. The Morgan fingerprint density at radius 3 is 2.81 bits per heavy atom. The van der Waals surface area contributed by atoms with Crippen molar-refractivity contribution >= 4 is 22.8 Å². The largest absolute Gasteiger partial charge is 0.493 e. The summed E-state index contributed by atoms with van der Waals surface area (Å²) in [6.07, 6.45) is 6.30. The molecule has 0 fully saturated rings. The second-order valence-electron chi connectivity index (χ2n) is 6.49. The molecule has 0 aliphatic heterocycles. The first-order valence-electron chi connectivity index (χ1n) is 8.80. The van der Waals surface area contributed by atoms with Crippen LogP contribution in [0.3, 0.4) is 0 Å². The van der Waals surface area contributed by atoms with Crippen molar-refractivity contribution in [2.24, 2.45) is 0 Å². The first kappa shape index (κ1) is 18.0. The van der Waals surface area contributed by atoms with Crippen molar-refractivity contribution in [3.63, 3.8) is 0 Å². The van der Waals surface area contributed by atoms with Crippen LogP contribution in [0.1, 0.15) is 22.3 Å². The summed E-state index contributed by atoms with van der Waals surface area (Å²) in [6, 6.07) is 15.4. The van der Waals surface area contributed by atoms with Crippen molar-refractivity contribution in [2.75, 3.05) is 27.2 Å². The van der Waals surface area contributed by atoms with E-state index in [1.54, 1.807) is 6.08 Å². The van der Waals surface area contributed by atoms with Gasteiger partial charge in [0.05, 0.1) is 12.2 Å². The lowest BCUT2D eigenvalue weighted by atomic mass is 10.1. The number of ketones is 1. The van der Waals surface area contributed by atoms with Crippen LogP contribution >= 0.6 is 0 Å². The minimum atomic E-state index is -0.0549. The number of nitrogens with zero attached hydrogens (tertiary/aromatic N) is 1. The molecule has 0 aliphatic carbocycles. The zero-order valence-electron chi connectivity index (χ0n) is 15.2. The van der Waals surface area contributed by atoms with Crippen LogP contribution < -0.4 is 4.74 Å². The number of benzene rings is 2. The van der Waals surface area contributed by atoms with Gasteiger partial charge in [0.15, 0.2) is 5.78 Å². The van der Waals surface area contributed by atoms with Crippen molar-refractivity contribution < 1.29 is 9.53 Å². The fourth-order valence-electron chi connectivity index (χ4n) is 2.87. The Balaban J connectivity index is 1.72. The molecule has 0 unspecified atom stereocenters. The molecule has 3 aromatic rings. The van der Waals surface area contributed by atoms with Gasteiger partial charge in [0, 0.05) is 23.6 Å². The quantitative estimate of drug-likeness (QED) is 0.373. The molecule has 134 valence electrons. The zero-order valence-corrected chi connectivity index (χ0v) is 15.2. The van der Waals surface area contributed by atoms with Gasteiger partial charge in [0.1, 0.15) is 5.75 Å². The Kier molecular flexibility index (Phi) is 5.87. The van der Waals surface area contributed by atoms with Crippen molar-refractivity contribution in [3.05, 3.63) is 71.9 Å². The van der Waals surface area contributed by atoms with Crippen LogP contribution in [-0.2, 0) is 0 Å². The summed E-state index contributed by atoms with van der Waals surface area (Å²) in [4.78, 5) is 18.0. The topological polar surface area (TPSA) is 45.3 Å². The number of hydrogen-bond donors (Lipinski definition) is 1. The van der Waals surface area contributed by atoms with E-state index >= 15 is 0 Å². The molecule has 0 radical (unpaired) electrons. The molecule has 0 saturated heterocycles. The van der Waals surface area contributed by atoms with Gasteiger partial charge in [-0.2, -0.15) is 0 Å². The van der Waals surface area contributed by atoms with Crippen molar-refractivity contribution in [2.45, 2.75) is 6.42 Å². The number of aromatic nitrogens is 1. The number of para-hydroxylation sites is 1. The molecule has 1 N–H and O–H groups in total. The second kappa shape index (κ2) is 8.50. The highest BCUT2D eigenvalue weighted by Crippen LogP contribution is 2.22. The molecule has 0 amide bonds. The molecular weight excluding hydrogens is 324 g/mol. The van der Waals surface area contributed by atoms with E-state index in [9.17, 15) is 4.79 Å². The lowest BCUT2D eigenvalue weighted by Crippen LogP contribution is -2.16. The first-order chi connectivity index (χ1) is 12.6. The number of aromatic amines is 1. The number of hydrogen-bond acceptors (Lipinski definition) is 3. The molecule has 4 nitrogen and oxygen atoms in total. The average Bonchev–Trinajstić information content (AvgIpc) is 3.13. The first-order valence-corrected chi connectivity index (χ1v) is 8.80. The van der Waals surface area contributed by atoms with Crippen LogP contribution in [0.25, 0.3) is 17.0 Å². The molecule has 0 spiro atoms. The predicted molar refractivity (Wildman–Crippen MR) is 107 cm³/mol. The van der Waals surface area contributed by atoms with Gasteiger partial charge in [-0.3, -0.25) is 4.79 Å². The minimum Gasteiger partial charge on any atom is -0.493 e. The molecule has 2 aromatic carbocycles. The molecule has 0 aliphatic rings. The van der Waals surface area contributed by atoms with Crippen LogP contribution in [-0.4, -0.2) is 42.9 Å². The monoisotopic (exact) mass is 348 g/mol. The maximum absolute atomic E-state index is 12.7. The van der Waals surface area contributed by atoms with Gasteiger partial charge in [0.25, 0.3) is 0 Å². The number of allylic oxidation sites excluding steroid dienone is 1. The number of nitrogens with one attached hydrogen (secondary N) is 1. The van der Waals surface area contributed by atoms with Crippen LogP contribution in [0.15, 0.2) is 60.8 Å². The molecule has 0 bridgehead atoms. The number of carbonyl (C=O) groups is 1. The van der Waals surface area contributed by atoms with Gasteiger partial charge >= 0.3 is 0 Å². The summed E-state index contributed by atoms with van der Waals surface area (Å²) in [5.74, 6) is 0.585. The molecule has 0 saturated carbocycles. The van der Waals surface area contributed by atoms with E-state index in [1.807, 2.05) is 74.9 Å². The fourth-order valence-corrected chi connectivity index (χ4v) is 2.87. The summed E-state index contributed by atoms with van der Waals surface area (Å²) in [5, 5.41) is 1.10. The number of H-pyrrole nitrogens is 1. The normalized spacial score (nSPS) is 11.5. The number of ether oxygens (including phenoxy) is 1. The van der Waals surface area contributed by atoms with E-state index in [1.165, 1.54) is 0 Å². The Bertz CT molecular complexity index is 909. The van der Waals surface area contributed by atoms with E-state index in [-0.39, 0.29) is 5.78 Å². The smallest absolute Gasteiger partial charge is 0.189 e. The zero-order chi connectivity index (χ0) is 18.4. The van der Waals surface area contributed by atoms with E-state index in [2.05, 4.69) is 9.88 Å². The van der Waals surface area contributed by atoms with E-state index in [0.717, 1.165) is 29.4 Å². The minimum absolute atomic E-state index is 0.0549. The predicted octanol–water partition coefficient (Wildman–Crippen LogP) is 4.39. The van der Waals surface area contributed by atoms with E-state index in [0.29, 0.717) is 17.9 Å². The Hall–Kier alpha value is -2.85. The molecule has 0 atom stereocenters. The molecule has 26 heavy (non-hydrogen) atoms. The maximum atomic E-state index is 12.7. The van der Waals surface area contributed by atoms with Gasteiger partial charge < -0.3 is 14.6 Å². The maximum Gasteiger partial charge on any atom is 0.189 e. The Morgan fingerprint density at radius 2 is 1.96 bits per heavy atom. The Labute approximate surface area is 154 Å².